The van der Waals surface area contributed by atoms with E-state index in [1.54, 1.807) is 13.8 Å². The van der Waals surface area contributed by atoms with E-state index in [0.29, 0.717) is 12.0 Å². The van der Waals surface area contributed by atoms with Crippen LogP contribution in [0.4, 0.5) is 5.69 Å². The normalized spacial score (nSPS) is 11.4. The SMILES string of the molecule is CCCS(=O)(=O)c1cc([N+](=O)[O-])ccc1C. The second-order valence-electron chi connectivity index (χ2n) is 3.53. The van der Waals surface area contributed by atoms with Gasteiger partial charge in [-0.25, -0.2) is 8.42 Å². The van der Waals surface area contributed by atoms with Crippen molar-refractivity contribution < 1.29 is 13.3 Å². The Labute approximate surface area is 94.2 Å². The summed E-state index contributed by atoms with van der Waals surface area (Å²) in [6.07, 6.45) is 0.491. The molecule has 0 saturated heterocycles. The molecule has 88 valence electrons. The lowest BCUT2D eigenvalue weighted by Gasteiger charge is -2.05. The molecule has 0 unspecified atom stereocenters. The third kappa shape index (κ3) is 2.57. The number of non-ortho nitro benzene ring substituents is 1. The van der Waals surface area contributed by atoms with Crippen molar-refractivity contribution in [2.75, 3.05) is 5.75 Å². The van der Waals surface area contributed by atoms with Gasteiger partial charge in [0, 0.05) is 12.1 Å². The van der Waals surface area contributed by atoms with Crippen LogP contribution in [0.15, 0.2) is 23.1 Å². The second kappa shape index (κ2) is 4.61. The number of nitro groups is 1. The van der Waals surface area contributed by atoms with Crippen molar-refractivity contribution in [2.24, 2.45) is 0 Å². The number of rotatable bonds is 4. The summed E-state index contributed by atoms with van der Waals surface area (Å²) in [5.41, 5.74) is 0.347. The zero-order valence-electron chi connectivity index (χ0n) is 9.13. The van der Waals surface area contributed by atoms with Crippen molar-refractivity contribution in [1.82, 2.24) is 0 Å². The lowest BCUT2D eigenvalue weighted by molar-refractivity contribution is -0.385. The van der Waals surface area contributed by atoms with Crippen LogP contribution in [-0.2, 0) is 9.84 Å². The van der Waals surface area contributed by atoms with Crippen LogP contribution >= 0.6 is 0 Å². The van der Waals surface area contributed by atoms with Crippen LogP contribution in [0.25, 0.3) is 0 Å². The van der Waals surface area contributed by atoms with Crippen LogP contribution < -0.4 is 0 Å². The van der Waals surface area contributed by atoms with Crippen LogP contribution in [-0.4, -0.2) is 19.1 Å². The molecule has 0 radical (unpaired) electrons. The summed E-state index contributed by atoms with van der Waals surface area (Å²) in [6.45, 7) is 3.39. The predicted molar refractivity (Wildman–Crippen MR) is 60.2 cm³/mol. The Morgan fingerprint density at radius 2 is 2.00 bits per heavy atom. The minimum Gasteiger partial charge on any atom is -0.258 e. The molecule has 0 fully saturated rings. The molecule has 0 aromatic heterocycles. The van der Waals surface area contributed by atoms with Gasteiger partial charge in [-0.3, -0.25) is 10.1 Å². The summed E-state index contributed by atoms with van der Waals surface area (Å²) in [7, 11) is -3.40. The molecule has 0 bridgehead atoms. The van der Waals surface area contributed by atoms with Crippen molar-refractivity contribution in [2.45, 2.75) is 25.2 Å². The fourth-order valence-electron chi connectivity index (χ4n) is 1.42. The number of hydrogen-bond acceptors (Lipinski definition) is 4. The van der Waals surface area contributed by atoms with Crippen molar-refractivity contribution in [1.29, 1.82) is 0 Å². The van der Waals surface area contributed by atoms with Gasteiger partial charge in [0.2, 0.25) is 0 Å². The molecular weight excluding hydrogens is 230 g/mol. The Morgan fingerprint density at radius 1 is 1.38 bits per heavy atom. The van der Waals surface area contributed by atoms with E-state index >= 15 is 0 Å². The Hall–Kier alpha value is -1.43. The van der Waals surface area contributed by atoms with Gasteiger partial charge in [0.05, 0.1) is 15.6 Å². The number of aryl methyl sites for hydroxylation is 1. The maximum Gasteiger partial charge on any atom is 0.270 e. The monoisotopic (exact) mass is 243 g/mol. The molecule has 5 nitrogen and oxygen atoms in total. The number of nitro benzene ring substituents is 1. The molecule has 0 atom stereocenters. The average Bonchev–Trinajstić information content (AvgIpc) is 2.17. The van der Waals surface area contributed by atoms with E-state index in [-0.39, 0.29) is 16.3 Å². The van der Waals surface area contributed by atoms with Crippen molar-refractivity contribution in [3.05, 3.63) is 33.9 Å². The van der Waals surface area contributed by atoms with Gasteiger partial charge in [-0.1, -0.05) is 13.0 Å². The Kier molecular flexibility index (Phi) is 3.64. The summed E-state index contributed by atoms with van der Waals surface area (Å²) in [5, 5.41) is 10.6. The Bertz CT molecular complexity index is 508. The molecule has 0 heterocycles. The number of nitrogens with zero attached hydrogens (tertiary/aromatic N) is 1. The van der Waals surface area contributed by atoms with Crippen LogP contribution in [0.1, 0.15) is 18.9 Å². The second-order valence-corrected chi connectivity index (χ2v) is 5.60. The molecule has 0 aliphatic heterocycles. The minimum atomic E-state index is -3.40. The molecule has 0 spiro atoms. The van der Waals surface area contributed by atoms with Gasteiger partial charge in [-0.15, -0.1) is 0 Å². The largest absolute Gasteiger partial charge is 0.270 e. The molecule has 1 aromatic carbocycles. The summed E-state index contributed by atoms with van der Waals surface area (Å²) < 4.78 is 23.6. The number of benzene rings is 1. The van der Waals surface area contributed by atoms with Gasteiger partial charge in [0.15, 0.2) is 9.84 Å². The van der Waals surface area contributed by atoms with E-state index in [1.807, 2.05) is 0 Å². The standard InChI is InChI=1S/C10H13NO4S/c1-3-6-16(14,15)10-7-9(11(12)13)5-4-8(10)2/h4-5,7H,3,6H2,1-2H3. The maximum atomic E-state index is 11.8. The Balaban J connectivity index is 3.33. The van der Waals surface area contributed by atoms with Crippen LogP contribution in [0.2, 0.25) is 0 Å². The van der Waals surface area contributed by atoms with Gasteiger partial charge in [-0.05, 0) is 18.9 Å². The third-order valence-electron chi connectivity index (χ3n) is 2.19. The lowest BCUT2D eigenvalue weighted by atomic mass is 10.2. The summed E-state index contributed by atoms with van der Waals surface area (Å²) >= 11 is 0. The van der Waals surface area contributed by atoms with E-state index in [0.717, 1.165) is 6.07 Å². The average molecular weight is 243 g/mol. The van der Waals surface area contributed by atoms with E-state index in [9.17, 15) is 18.5 Å². The summed E-state index contributed by atoms with van der Waals surface area (Å²) in [6, 6.07) is 3.89. The van der Waals surface area contributed by atoms with Gasteiger partial charge < -0.3 is 0 Å². The van der Waals surface area contributed by atoms with E-state index in [2.05, 4.69) is 0 Å². The fourth-order valence-corrected chi connectivity index (χ4v) is 3.03. The van der Waals surface area contributed by atoms with Crippen molar-refractivity contribution >= 4 is 15.5 Å². The summed E-state index contributed by atoms with van der Waals surface area (Å²) in [5.74, 6) is 0.00894. The van der Waals surface area contributed by atoms with Crippen LogP contribution in [0.5, 0.6) is 0 Å². The van der Waals surface area contributed by atoms with Gasteiger partial charge >= 0.3 is 0 Å². The van der Waals surface area contributed by atoms with Gasteiger partial charge in [-0.2, -0.15) is 0 Å². The van der Waals surface area contributed by atoms with Crippen LogP contribution in [0.3, 0.4) is 0 Å². The maximum absolute atomic E-state index is 11.8. The summed E-state index contributed by atoms with van der Waals surface area (Å²) in [4.78, 5) is 10.0. The van der Waals surface area contributed by atoms with Gasteiger partial charge in [0.25, 0.3) is 5.69 Å². The zero-order valence-corrected chi connectivity index (χ0v) is 9.95. The van der Waals surface area contributed by atoms with E-state index < -0.39 is 14.8 Å². The topological polar surface area (TPSA) is 77.3 Å². The number of hydrogen-bond donors (Lipinski definition) is 0. The zero-order chi connectivity index (χ0) is 12.3. The lowest BCUT2D eigenvalue weighted by Crippen LogP contribution is -2.08. The first-order valence-electron chi connectivity index (χ1n) is 4.86. The highest BCUT2D eigenvalue weighted by Crippen LogP contribution is 2.22. The highest BCUT2D eigenvalue weighted by atomic mass is 32.2. The Morgan fingerprint density at radius 3 is 2.50 bits per heavy atom. The molecule has 0 aliphatic rings. The predicted octanol–water partition coefficient (Wildman–Crippen LogP) is 2.09. The first-order chi connectivity index (χ1) is 7.38. The molecule has 0 saturated carbocycles. The van der Waals surface area contributed by atoms with Gasteiger partial charge in [0.1, 0.15) is 0 Å². The quantitative estimate of drug-likeness (QED) is 0.599. The molecule has 1 rings (SSSR count). The molecule has 6 heteroatoms. The highest BCUT2D eigenvalue weighted by Gasteiger charge is 2.19. The van der Waals surface area contributed by atoms with Crippen LogP contribution in [0, 0.1) is 17.0 Å². The minimum absolute atomic E-state index is 0.00894. The fraction of sp³-hybridized carbons (Fsp3) is 0.400. The van der Waals surface area contributed by atoms with Crippen molar-refractivity contribution in [3.8, 4) is 0 Å². The van der Waals surface area contributed by atoms with E-state index in [4.69, 9.17) is 0 Å². The first-order valence-corrected chi connectivity index (χ1v) is 6.51. The molecule has 0 amide bonds. The molecule has 0 N–H and O–H groups in total. The molecule has 1 aromatic rings. The highest BCUT2D eigenvalue weighted by molar-refractivity contribution is 7.91. The molecule has 0 aliphatic carbocycles. The molecule has 16 heavy (non-hydrogen) atoms. The van der Waals surface area contributed by atoms with Crippen molar-refractivity contribution in [3.63, 3.8) is 0 Å². The number of sulfone groups is 1. The van der Waals surface area contributed by atoms with E-state index in [1.165, 1.54) is 12.1 Å². The molecular formula is C10H13NO4S. The first kappa shape index (κ1) is 12.6. The smallest absolute Gasteiger partial charge is 0.258 e. The third-order valence-corrected chi connectivity index (χ3v) is 4.25.